The highest BCUT2D eigenvalue weighted by Gasteiger charge is 2.13. The zero-order chi connectivity index (χ0) is 9.54. The summed E-state index contributed by atoms with van der Waals surface area (Å²) in [7, 11) is 0. The fraction of sp³-hybridized carbons (Fsp3) is 0.231. The van der Waals surface area contributed by atoms with Crippen molar-refractivity contribution in [1.29, 1.82) is 0 Å². The van der Waals surface area contributed by atoms with Gasteiger partial charge in [-0.2, -0.15) is 0 Å². The van der Waals surface area contributed by atoms with Gasteiger partial charge >= 0.3 is 0 Å². The van der Waals surface area contributed by atoms with E-state index in [1.807, 2.05) is 11.3 Å². The third kappa shape index (κ3) is 1.12. The minimum atomic E-state index is 1.22. The van der Waals surface area contributed by atoms with Gasteiger partial charge < -0.3 is 0 Å². The Kier molecular flexibility index (Phi) is 1.74. The van der Waals surface area contributed by atoms with E-state index in [2.05, 4.69) is 37.3 Å². The van der Waals surface area contributed by atoms with Gasteiger partial charge in [-0.05, 0) is 42.9 Å². The summed E-state index contributed by atoms with van der Waals surface area (Å²) in [5.41, 5.74) is 3.08. The van der Waals surface area contributed by atoms with Crippen molar-refractivity contribution in [3.8, 4) is 0 Å². The second-order valence-corrected chi connectivity index (χ2v) is 5.02. The highest BCUT2D eigenvalue weighted by molar-refractivity contribution is 7.20. The summed E-state index contributed by atoms with van der Waals surface area (Å²) >= 11 is 1.93. The second kappa shape index (κ2) is 2.96. The first kappa shape index (κ1) is 8.25. The van der Waals surface area contributed by atoms with E-state index in [1.165, 1.54) is 33.4 Å². The van der Waals surface area contributed by atoms with Gasteiger partial charge in [-0.1, -0.05) is 23.8 Å². The maximum absolute atomic E-state index is 2.35. The quantitative estimate of drug-likeness (QED) is 0.596. The molecule has 1 aliphatic rings. The Morgan fingerprint density at radius 2 is 2.00 bits per heavy atom. The first-order chi connectivity index (χ1) is 6.84. The SMILES string of the molecule is CC1=Cc2sc3ccccc3c2CC1. The molecule has 1 aromatic heterocycles. The Balaban J connectivity index is 2.35. The average Bonchev–Trinajstić information content (AvgIpc) is 2.54. The number of allylic oxidation sites excluding steroid dienone is 1. The first-order valence-corrected chi connectivity index (χ1v) is 5.84. The van der Waals surface area contributed by atoms with E-state index in [1.54, 1.807) is 5.56 Å². The molecule has 0 aliphatic heterocycles. The van der Waals surface area contributed by atoms with Crippen LogP contribution in [0.4, 0.5) is 0 Å². The zero-order valence-corrected chi connectivity index (χ0v) is 9.03. The third-order valence-corrected chi connectivity index (χ3v) is 4.04. The monoisotopic (exact) mass is 200 g/mol. The second-order valence-electron chi connectivity index (χ2n) is 3.93. The molecule has 0 nitrogen and oxygen atoms in total. The van der Waals surface area contributed by atoms with E-state index in [9.17, 15) is 0 Å². The molecule has 0 atom stereocenters. The Morgan fingerprint density at radius 3 is 2.93 bits per heavy atom. The molecule has 1 aliphatic carbocycles. The molecule has 0 unspecified atom stereocenters. The minimum absolute atomic E-state index is 1.22. The molecule has 0 saturated carbocycles. The van der Waals surface area contributed by atoms with E-state index in [-0.39, 0.29) is 0 Å². The first-order valence-electron chi connectivity index (χ1n) is 5.02. The van der Waals surface area contributed by atoms with Gasteiger partial charge in [-0.3, -0.25) is 0 Å². The van der Waals surface area contributed by atoms with E-state index in [0.717, 1.165) is 0 Å². The predicted molar refractivity (Wildman–Crippen MR) is 63.8 cm³/mol. The van der Waals surface area contributed by atoms with Crippen LogP contribution in [0.3, 0.4) is 0 Å². The van der Waals surface area contributed by atoms with Gasteiger partial charge in [0.1, 0.15) is 0 Å². The largest absolute Gasteiger partial charge is 0.136 e. The van der Waals surface area contributed by atoms with Crippen LogP contribution in [0.1, 0.15) is 23.8 Å². The predicted octanol–water partition coefficient (Wildman–Crippen LogP) is 4.25. The molecular formula is C13H12S. The number of benzene rings is 1. The van der Waals surface area contributed by atoms with Crippen molar-refractivity contribution >= 4 is 27.5 Å². The van der Waals surface area contributed by atoms with E-state index in [0.29, 0.717) is 0 Å². The lowest BCUT2D eigenvalue weighted by Crippen LogP contribution is -1.93. The summed E-state index contributed by atoms with van der Waals surface area (Å²) < 4.78 is 1.43. The standard InChI is InChI=1S/C13H12S/c1-9-6-7-11-10-4-2-3-5-12(10)14-13(11)8-9/h2-5,8H,6-7H2,1H3. The maximum Gasteiger partial charge on any atom is 0.0352 e. The summed E-state index contributed by atoms with van der Waals surface area (Å²) in [5.74, 6) is 0. The highest BCUT2D eigenvalue weighted by atomic mass is 32.1. The van der Waals surface area contributed by atoms with Gasteiger partial charge in [0.15, 0.2) is 0 Å². The van der Waals surface area contributed by atoms with E-state index < -0.39 is 0 Å². The molecule has 0 spiro atoms. The Morgan fingerprint density at radius 1 is 1.14 bits per heavy atom. The molecule has 70 valence electrons. The smallest absolute Gasteiger partial charge is 0.0352 e. The Hall–Kier alpha value is -1.08. The van der Waals surface area contributed by atoms with Crippen LogP contribution in [0.25, 0.3) is 16.2 Å². The lowest BCUT2D eigenvalue weighted by atomic mass is 9.97. The zero-order valence-electron chi connectivity index (χ0n) is 8.21. The molecule has 0 saturated heterocycles. The van der Waals surface area contributed by atoms with Crippen molar-refractivity contribution in [2.45, 2.75) is 19.8 Å². The highest BCUT2D eigenvalue weighted by Crippen LogP contribution is 2.36. The van der Waals surface area contributed by atoms with Crippen LogP contribution in [-0.4, -0.2) is 0 Å². The van der Waals surface area contributed by atoms with Gasteiger partial charge in [0.2, 0.25) is 0 Å². The summed E-state index contributed by atoms with van der Waals surface area (Å²) in [4.78, 5) is 1.48. The van der Waals surface area contributed by atoms with Crippen molar-refractivity contribution in [1.82, 2.24) is 0 Å². The van der Waals surface area contributed by atoms with Crippen LogP contribution in [0.5, 0.6) is 0 Å². The molecule has 14 heavy (non-hydrogen) atoms. The summed E-state index contributed by atoms with van der Waals surface area (Å²) in [6.45, 7) is 2.23. The molecule has 0 fully saturated rings. The van der Waals surface area contributed by atoms with Crippen molar-refractivity contribution in [2.24, 2.45) is 0 Å². The van der Waals surface area contributed by atoms with Crippen LogP contribution in [0.15, 0.2) is 29.8 Å². The van der Waals surface area contributed by atoms with E-state index >= 15 is 0 Å². The molecular weight excluding hydrogens is 188 g/mol. The van der Waals surface area contributed by atoms with Crippen LogP contribution in [0.2, 0.25) is 0 Å². The van der Waals surface area contributed by atoms with Crippen molar-refractivity contribution in [3.05, 3.63) is 40.3 Å². The summed E-state index contributed by atoms with van der Waals surface area (Å²) in [6.07, 6.45) is 4.80. The van der Waals surface area contributed by atoms with Crippen molar-refractivity contribution < 1.29 is 0 Å². The molecule has 1 aromatic carbocycles. The number of aryl methyl sites for hydroxylation is 1. The Bertz CT molecular complexity index is 517. The molecule has 0 radical (unpaired) electrons. The number of thiophene rings is 1. The van der Waals surface area contributed by atoms with Gasteiger partial charge in [-0.25, -0.2) is 0 Å². The molecule has 2 aromatic rings. The molecule has 1 heterocycles. The average molecular weight is 200 g/mol. The van der Waals surface area contributed by atoms with Crippen molar-refractivity contribution in [3.63, 3.8) is 0 Å². The third-order valence-electron chi connectivity index (χ3n) is 2.88. The summed E-state index contributed by atoms with van der Waals surface area (Å²) in [5, 5.41) is 1.47. The maximum atomic E-state index is 2.35. The number of rotatable bonds is 0. The topological polar surface area (TPSA) is 0 Å². The molecule has 1 heteroatoms. The Labute approximate surface area is 87.9 Å². The van der Waals surface area contributed by atoms with Crippen LogP contribution < -0.4 is 0 Å². The number of hydrogen-bond acceptors (Lipinski definition) is 1. The molecule has 0 amide bonds. The molecule has 0 bridgehead atoms. The fourth-order valence-corrected chi connectivity index (χ4v) is 3.39. The van der Waals surface area contributed by atoms with E-state index in [4.69, 9.17) is 0 Å². The van der Waals surface area contributed by atoms with Crippen LogP contribution in [-0.2, 0) is 6.42 Å². The summed E-state index contributed by atoms with van der Waals surface area (Å²) in [6, 6.07) is 8.74. The lowest BCUT2D eigenvalue weighted by Gasteiger charge is -2.09. The van der Waals surface area contributed by atoms with Crippen LogP contribution >= 0.6 is 11.3 Å². The number of hydrogen-bond donors (Lipinski definition) is 0. The fourth-order valence-electron chi connectivity index (χ4n) is 2.11. The minimum Gasteiger partial charge on any atom is -0.136 e. The molecule has 3 rings (SSSR count). The van der Waals surface area contributed by atoms with Gasteiger partial charge in [-0.15, -0.1) is 11.3 Å². The lowest BCUT2D eigenvalue weighted by molar-refractivity contribution is 0.943. The molecule has 0 N–H and O–H groups in total. The van der Waals surface area contributed by atoms with Gasteiger partial charge in [0.05, 0.1) is 0 Å². The normalized spacial score (nSPS) is 15.4. The van der Waals surface area contributed by atoms with Crippen molar-refractivity contribution in [2.75, 3.05) is 0 Å². The van der Waals surface area contributed by atoms with Crippen LogP contribution in [0, 0.1) is 0 Å². The van der Waals surface area contributed by atoms with Gasteiger partial charge in [0, 0.05) is 9.58 Å². The van der Waals surface area contributed by atoms with Gasteiger partial charge in [0.25, 0.3) is 0 Å². The number of fused-ring (bicyclic) bond motifs is 3.